The highest BCUT2D eigenvalue weighted by molar-refractivity contribution is 7.80. The highest BCUT2D eigenvalue weighted by Crippen LogP contribution is 2.39. The zero-order valence-corrected chi connectivity index (χ0v) is 14.8. The van der Waals surface area contributed by atoms with E-state index >= 15 is 0 Å². The Hall–Kier alpha value is -2.45. The molecule has 12 nitrogen and oxygen atoms in total. The molecular weight excluding hydrogens is 382 g/mol. The fraction of sp³-hybridized carbons (Fsp3) is 0.429. The van der Waals surface area contributed by atoms with E-state index in [4.69, 9.17) is 10.4 Å². The third-order valence-electron chi connectivity index (χ3n) is 4.79. The SMILES string of the molecule is NNC(=O)[C@@H]1CC[C@@H]2C[N+]1(C(=O)Cc1ccccn1)C(=O)N2OS(=O)(=O)O. The van der Waals surface area contributed by atoms with Crippen molar-refractivity contribution in [2.45, 2.75) is 31.3 Å². The zero-order valence-electron chi connectivity index (χ0n) is 14.0. The Labute approximate surface area is 154 Å². The van der Waals surface area contributed by atoms with E-state index in [-0.39, 0.29) is 25.8 Å². The van der Waals surface area contributed by atoms with Crippen LogP contribution in [0.15, 0.2) is 24.4 Å². The number of hydrogen-bond donors (Lipinski definition) is 3. The smallest absolute Gasteiger partial charge is 0.289 e. The van der Waals surface area contributed by atoms with Crippen LogP contribution in [0.1, 0.15) is 18.5 Å². The van der Waals surface area contributed by atoms with Crippen LogP contribution in [-0.4, -0.2) is 64.0 Å². The van der Waals surface area contributed by atoms with Gasteiger partial charge in [-0.1, -0.05) is 6.07 Å². The summed E-state index contributed by atoms with van der Waals surface area (Å²) < 4.78 is 34.5. The summed E-state index contributed by atoms with van der Waals surface area (Å²) in [5.41, 5.74) is 2.32. The van der Waals surface area contributed by atoms with Crippen molar-refractivity contribution in [2.75, 3.05) is 6.54 Å². The van der Waals surface area contributed by atoms with E-state index in [1.54, 1.807) is 18.2 Å². The second-order valence-corrected chi connectivity index (χ2v) is 7.31. The van der Waals surface area contributed by atoms with Crippen molar-refractivity contribution in [1.82, 2.24) is 15.5 Å². The van der Waals surface area contributed by atoms with Crippen LogP contribution in [0.25, 0.3) is 0 Å². The minimum absolute atomic E-state index is 0.0960. The molecule has 0 aromatic carbocycles. The number of hydrogen-bond acceptors (Lipinski definition) is 8. The maximum atomic E-state index is 13.1. The van der Waals surface area contributed by atoms with Crippen molar-refractivity contribution in [1.29, 1.82) is 0 Å². The number of nitrogens with two attached hydrogens (primary N) is 1. The summed E-state index contributed by atoms with van der Waals surface area (Å²) in [6.07, 6.45) is 1.51. The van der Waals surface area contributed by atoms with Gasteiger partial charge in [-0.3, -0.25) is 19.8 Å². The number of nitrogens with one attached hydrogen (secondary N) is 1. The number of pyridine rings is 1. The Morgan fingerprint density at radius 3 is 2.74 bits per heavy atom. The van der Waals surface area contributed by atoms with Crippen molar-refractivity contribution in [3.63, 3.8) is 0 Å². The largest absolute Gasteiger partial charge is 0.452 e. The molecule has 27 heavy (non-hydrogen) atoms. The molecule has 3 atom stereocenters. The summed E-state index contributed by atoms with van der Waals surface area (Å²) in [6.45, 7) is -0.182. The Kier molecular flexibility index (Phi) is 4.96. The monoisotopic (exact) mass is 400 g/mol. The van der Waals surface area contributed by atoms with E-state index in [2.05, 4.69) is 9.27 Å². The molecule has 4 amide bonds. The molecule has 0 spiro atoms. The molecule has 13 heteroatoms. The number of quaternary nitrogens is 1. The fourth-order valence-electron chi connectivity index (χ4n) is 3.66. The van der Waals surface area contributed by atoms with E-state index in [9.17, 15) is 22.8 Å². The molecule has 2 aliphatic heterocycles. The van der Waals surface area contributed by atoms with Gasteiger partial charge in [-0.25, -0.2) is 15.4 Å². The summed E-state index contributed by atoms with van der Waals surface area (Å²) in [7, 11) is -4.99. The number of aromatic nitrogens is 1. The highest BCUT2D eigenvalue weighted by Gasteiger charge is 2.67. The summed E-state index contributed by atoms with van der Waals surface area (Å²) in [5, 5.41) is 0.454. The number of hydroxylamine groups is 2. The van der Waals surface area contributed by atoms with E-state index in [0.29, 0.717) is 10.8 Å². The van der Waals surface area contributed by atoms with Crippen LogP contribution in [0.2, 0.25) is 0 Å². The second-order valence-electron chi connectivity index (χ2n) is 6.31. The summed E-state index contributed by atoms with van der Waals surface area (Å²) in [6, 6.07) is 1.91. The van der Waals surface area contributed by atoms with E-state index in [1.165, 1.54) is 6.20 Å². The van der Waals surface area contributed by atoms with Gasteiger partial charge in [0.1, 0.15) is 19.0 Å². The quantitative estimate of drug-likeness (QED) is 0.178. The molecule has 4 N–H and O–H groups in total. The van der Waals surface area contributed by atoms with E-state index < -0.39 is 44.8 Å². The molecular formula is C14H18N5O7S+. The number of carbonyl (C=O) groups is 3. The normalized spacial score (nSPS) is 27.5. The number of imide groups is 1. The van der Waals surface area contributed by atoms with Gasteiger partial charge < -0.3 is 0 Å². The van der Waals surface area contributed by atoms with Gasteiger partial charge >= 0.3 is 22.3 Å². The van der Waals surface area contributed by atoms with Gasteiger partial charge in [0.15, 0.2) is 6.04 Å². The molecule has 2 saturated heterocycles. The van der Waals surface area contributed by atoms with Crippen molar-refractivity contribution in [3.05, 3.63) is 30.1 Å². The molecule has 2 bridgehead atoms. The van der Waals surface area contributed by atoms with Gasteiger partial charge in [0, 0.05) is 12.6 Å². The van der Waals surface area contributed by atoms with Crippen LogP contribution in [0.5, 0.6) is 0 Å². The van der Waals surface area contributed by atoms with E-state index in [0.717, 1.165) is 0 Å². The number of piperidine rings is 1. The van der Waals surface area contributed by atoms with Crippen molar-refractivity contribution >= 4 is 28.2 Å². The predicted octanol–water partition coefficient (Wildman–Crippen LogP) is -1.34. The van der Waals surface area contributed by atoms with E-state index in [1.807, 2.05) is 5.43 Å². The lowest BCUT2D eigenvalue weighted by atomic mass is 9.96. The molecule has 0 saturated carbocycles. The number of rotatable bonds is 5. The maximum absolute atomic E-state index is 13.1. The molecule has 1 aromatic heterocycles. The third kappa shape index (κ3) is 3.42. The van der Waals surface area contributed by atoms with Crippen LogP contribution in [0.3, 0.4) is 0 Å². The highest BCUT2D eigenvalue weighted by atomic mass is 32.3. The van der Waals surface area contributed by atoms with Crippen LogP contribution in [0.4, 0.5) is 4.79 Å². The fourth-order valence-corrected chi connectivity index (χ4v) is 4.05. The Balaban J connectivity index is 2.00. The first-order valence-corrected chi connectivity index (χ1v) is 9.38. The molecule has 1 aromatic rings. The van der Waals surface area contributed by atoms with Crippen LogP contribution in [-0.2, 0) is 30.7 Å². The lowest BCUT2D eigenvalue weighted by Gasteiger charge is -2.36. The average molecular weight is 400 g/mol. The topological polar surface area (TPSA) is 169 Å². The van der Waals surface area contributed by atoms with Gasteiger partial charge in [-0.05, 0) is 18.6 Å². The van der Waals surface area contributed by atoms with Gasteiger partial charge in [0.25, 0.3) is 5.91 Å². The Morgan fingerprint density at radius 2 is 2.15 bits per heavy atom. The summed E-state index contributed by atoms with van der Waals surface area (Å²) in [5.74, 6) is 3.82. The maximum Gasteiger partial charge on any atom is 0.452 e. The van der Waals surface area contributed by atoms with Crippen molar-refractivity contribution < 1.29 is 36.1 Å². The number of fused-ring (bicyclic) bond motifs is 2. The van der Waals surface area contributed by atoms with Crippen LogP contribution in [0, 0.1) is 0 Å². The molecule has 146 valence electrons. The lowest BCUT2D eigenvalue weighted by Crippen LogP contribution is -2.67. The lowest BCUT2D eigenvalue weighted by molar-refractivity contribution is -0.788. The first-order valence-electron chi connectivity index (χ1n) is 8.01. The summed E-state index contributed by atoms with van der Waals surface area (Å²) >= 11 is 0. The van der Waals surface area contributed by atoms with Gasteiger partial charge in [0.05, 0.1) is 5.69 Å². The number of carbonyl (C=O) groups excluding carboxylic acids is 3. The number of hydrazine groups is 1. The van der Waals surface area contributed by atoms with Crippen LogP contribution < -0.4 is 11.3 Å². The predicted molar refractivity (Wildman–Crippen MR) is 87.1 cm³/mol. The molecule has 3 heterocycles. The standard InChI is InChI=1S/C14H17N5O7S/c15-17-13(21)11-5-4-10-8-19(11,14(22)18(10)26-27(23,24)25)12(20)7-9-3-1-2-6-16-9/h1-3,6,10-11H,4-5,7-8,15H2,(H-,17,21,23,24,25)/p+1/t10-,11+,19?/m1/s1. The second kappa shape index (κ2) is 6.94. The molecule has 0 radical (unpaired) electrons. The molecule has 3 rings (SSSR count). The zero-order chi connectivity index (χ0) is 19.8. The average Bonchev–Trinajstić information content (AvgIpc) is 2.83. The van der Waals surface area contributed by atoms with Crippen LogP contribution >= 0.6 is 0 Å². The first kappa shape index (κ1) is 19.3. The number of amides is 4. The molecule has 1 unspecified atom stereocenters. The molecule has 0 aliphatic carbocycles. The molecule has 2 fully saturated rings. The number of nitrogens with zero attached hydrogens (tertiary/aromatic N) is 3. The number of urea groups is 1. The third-order valence-corrected chi connectivity index (χ3v) is 5.14. The Bertz CT molecular complexity index is 877. The minimum Gasteiger partial charge on any atom is -0.289 e. The summed E-state index contributed by atoms with van der Waals surface area (Å²) in [4.78, 5) is 42.4. The molecule has 2 aliphatic rings. The first-order chi connectivity index (χ1) is 12.7. The van der Waals surface area contributed by atoms with Crippen molar-refractivity contribution in [2.24, 2.45) is 5.84 Å². The minimum atomic E-state index is -4.99. The van der Waals surface area contributed by atoms with Gasteiger partial charge in [0.2, 0.25) is 0 Å². The van der Waals surface area contributed by atoms with Crippen molar-refractivity contribution in [3.8, 4) is 0 Å². The van der Waals surface area contributed by atoms with Gasteiger partial charge in [-0.15, -0.1) is 9.35 Å². The Morgan fingerprint density at radius 1 is 1.41 bits per heavy atom. The van der Waals surface area contributed by atoms with Gasteiger partial charge in [-0.2, -0.15) is 12.9 Å².